The number of carboxylic acid groups (broad SMARTS) is 1. The molecule has 1 aliphatic heterocycles. The van der Waals surface area contributed by atoms with E-state index in [1.54, 1.807) is 0 Å². The number of nitrogens with zero attached hydrogens (tertiary/aromatic N) is 2. The third kappa shape index (κ3) is 4.07. The number of likely N-dealkylation sites (tertiary alicyclic amines) is 1. The van der Waals surface area contributed by atoms with E-state index in [2.05, 4.69) is 31.4 Å². The number of carbonyl (C=O) groups is 2. The molecule has 1 aromatic heterocycles. The number of hydrogen-bond donors (Lipinski definition) is 3. The summed E-state index contributed by atoms with van der Waals surface area (Å²) < 4.78 is 0.900. The molecule has 0 spiro atoms. The van der Waals surface area contributed by atoms with E-state index in [9.17, 15) is 14.7 Å². The molecule has 3 rings (SSSR count). The molecule has 1 unspecified atom stereocenters. The normalized spacial score (nSPS) is 17.3. The zero-order valence-corrected chi connectivity index (χ0v) is 16.3. The Hall–Kier alpha value is -1.93. The van der Waals surface area contributed by atoms with Crippen LogP contribution in [0.2, 0.25) is 0 Å². The van der Waals surface area contributed by atoms with Gasteiger partial charge in [0, 0.05) is 16.4 Å². The number of carbonyl (C=O) groups excluding carboxylic acids is 1. The average Bonchev–Trinajstić information content (AvgIpc) is 3.04. The largest absolute Gasteiger partial charge is 0.480 e. The minimum atomic E-state index is -0.754. The number of aliphatic carboxylic acids is 1. The summed E-state index contributed by atoms with van der Waals surface area (Å²) >= 11 is 3.42. The molecule has 0 bridgehead atoms. The zero-order valence-electron chi connectivity index (χ0n) is 14.7. The third-order valence-corrected chi connectivity index (χ3v) is 5.55. The maximum absolute atomic E-state index is 12.5. The molecule has 0 aliphatic carbocycles. The molecular weight excluding hydrogens is 400 g/mol. The summed E-state index contributed by atoms with van der Waals surface area (Å²) in [6.07, 6.45) is 2.38. The number of benzene rings is 1. The first-order chi connectivity index (χ1) is 12.5. The number of fused-ring (bicyclic) bond motifs is 1. The second kappa shape index (κ2) is 8.18. The Morgan fingerprint density at radius 3 is 2.81 bits per heavy atom. The number of rotatable bonds is 6. The predicted molar refractivity (Wildman–Crippen MR) is 102 cm³/mol. The first kappa shape index (κ1) is 18.8. The maximum Gasteiger partial charge on any atom is 0.320 e. The van der Waals surface area contributed by atoms with Crippen molar-refractivity contribution in [1.82, 2.24) is 20.4 Å². The molecular formula is C18H23BrN4O3. The van der Waals surface area contributed by atoms with Crippen molar-refractivity contribution in [3.8, 4) is 0 Å². The van der Waals surface area contributed by atoms with Crippen LogP contribution < -0.4 is 5.32 Å². The first-order valence-corrected chi connectivity index (χ1v) is 9.67. The van der Waals surface area contributed by atoms with E-state index in [1.807, 2.05) is 30.0 Å². The lowest BCUT2D eigenvalue weighted by molar-refractivity contribution is -0.144. The Labute approximate surface area is 160 Å². The number of H-pyrrole nitrogens is 1. The molecule has 1 saturated heterocycles. The Bertz CT molecular complexity index is 799. The van der Waals surface area contributed by atoms with Crippen LogP contribution in [0.15, 0.2) is 22.7 Å². The van der Waals surface area contributed by atoms with Crippen LogP contribution in [-0.4, -0.2) is 57.8 Å². The number of aromatic nitrogens is 2. The van der Waals surface area contributed by atoms with Gasteiger partial charge >= 0.3 is 5.97 Å². The van der Waals surface area contributed by atoms with Crippen LogP contribution >= 0.6 is 15.9 Å². The fourth-order valence-corrected chi connectivity index (χ4v) is 3.90. The molecule has 2 aromatic rings. The minimum absolute atomic E-state index is 0.186. The molecule has 0 saturated carbocycles. The van der Waals surface area contributed by atoms with Crippen molar-refractivity contribution in [2.24, 2.45) is 5.92 Å². The lowest BCUT2D eigenvalue weighted by Gasteiger charge is -2.35. The number of nitrogens with one attached hydrogen (secondary N) is 2. The topological polar surface area (TPSA) is 98.3 Å². The summed E-state index contributed by atoms with van der Waals surface area (Å²) in [4.78, 5) is 25.8. The van der Waals surface area contributed by atoms with E-state index in [-0.39, 0.29) is 5.91 Å². The molecule has 140 valence electrons. The SMILES string of the molecule is CCC(C(=O)O)N1CCC(CNC(=O)c2n[nH]c3ccc(Br)cc23)CC1. The van der Waals surface area contributed by atoms with Crippen LogP contribution in [0, 0.1) is 5.92 Å². The molecule has 8 heteroatoms. The van der Waals surface area contributed by atoms with Gasteiger partial charge in [0.25, 0.3) is 5.91 Å². The monoisotopic (exact) mass is 422 g/mol. The lowest BCUT2D eigenvalue weighted by Crippen LogP contribution is -2.46. The fraction of sp³-hybridized carbons (Fsp3) is 0.500. The number of halogens is 1. The van der Waals surface area contributed by atoms with Crippen LogP contribution in [0.25, 0.3) is 10.9 Å². The van der Waals surface area contributed by atoms with Crippen molar-refractivity contribution in [3.05, 3.63) is 28.4 Å². The standard InChI is InChI=1S/C18H23BrN4O3/c1-2-15(18(25)26)23-7-5-11(6-8-23)10-20-17(24)16-13-9-12(19)3-4-14(13)21-22-16/h3-4,9,11,15H,2,5-8,10H2,1H3,(H,20,24)(H,21,22)(H,25,26). The van der Waals surface area contributed by atoms with Crippen molar-refractivity contribution in [1.29, 1.82) is 0 Å². The summed E-state index contributed by atoms with van der Waals surface area (Å²) in [5.74, 6) is -0.581. The van der Waals surface area contributed by atoms with Crippen molar-refractivity contribution < 1.29 is 14.7 Å². The molecule has 1 aliphatic rings. The van der Waals surface area contributed by atoms with E-state index < -0.39 is 12.0 Å². The Kier molecular flexibility index (Phi) is 5.93. The Morgan fingerprint density at radius 2 is 2.15 bits per heavy atom. The van der Waals surface area contributed by atoms with Gasteiger partial charge in [0.1, 0.15) is 6.04 Å². The summed E-state index contributed by atoms with van der Waals surface area (Å²) in [6.45, 7) is 3.99. The molecule has 1 atom stereocenters. The Morgan fingerprint density at radius 1 is 1.42 bits per heavy atom. The quantitative estimate of drug-likeness (QED) is 0.664. The maximum atomic E-state index is 12.5. The van der Waals surface area contributed by atoms with Crippen LogP contribution in [0.1, 0.15) is 36.7 Å². The fourth-order valence-electron chi connectivity index (χ4n) is 3.54. The van der Waals surface area contributed by atoms with Gasteiger partial charge in [-0.05, 0) is 56.5 Å². The molecule has 1 amide bonds. The second-order valence-electron chi connectivity index (χ2n) is 6.71. The molecule has 3 N–H and O–H groups in total. The smallest absolute Gasteiger partial charge is 0.320 e. The predicted octanol–water partition coefficient (Wildman–Crippen LogP) is 2.63. The second-order valence-corrected chi connectivity index (χ2v) is 7.63. The molecule has 2 heterocycles. The average molecular weight is 423 g/mol. The van der Waals surface area contributed by atoms with Gasteiger partial charge in [-0.25, -0.2) is 0 Å². The van der Waals surface area contributed by atoms with Crippen molar-refractivity contribution in [3.63, 3.8) is 0 Å². The van der Waals surface area contributed by atoms with Crippen LogP contribution in [0.5, 0.6) is 0 Å². The van der Waals surface area contributed by atoms with Gasteiger partial charge in [0.2, 0.25) is 0 Å². The molecule has 1 aromatic carbocycles. The highest BCUT2D eigenvalue weighted by molar-refractivity contribution is 9.10. The van der Waals surface area contributed by atoms with E-state index in [0.29, 0.717) is 24.6 Å². The van der Waals surface area contributed by atoms with Crippen molar-refractivity contribution in [2.45, 2.75) is 32.2 Å². The number of piperidine rings is 1. The number of aromatic amines is 1. The van der Waals surface area contributed by atoms with Crippen LogP contribution in [0.4, 0.5) is 0 Å². The summed E-state index contributed by atoms with van der Waals surface area (Å²) in [6, 6.07) is 5.25. The molecule has 7 nitrogen and oxygen atoms in total. The van der Waals surface area contributed by atoms with Crippen molar-refractivity contribution >= 4 is 38.7 Å². The van der Waals surface area contributed by atoms with Crippen LogP contribution in [0.3, 0.4) is 0 Å². The molecule has 1 fully saturated rings. The van der Waals surface area contributed by atoms with E-state index in [0.717, 1.165) is 41.3 Å². The van der Waals surface area contributed by atoms with E-state index >= 15 is 0 Å². The lowest BCUT2D eigenvalue weighted by atomic mass is 9.95. The third-order valence-electron chi connectivity index (χ3n) is 5.05. The highest BCUT2D eigenvalue weighted by Crippen LogP contribution is 2.22. The van der Waals surface area contributed by atoms with Gasteiger partial charge in [-0.15, -0.1) is 0 Å². The van der Waals surface area contributed by atoms with Gasteiger partial charge in [-0.2, -0.15) is 5.10 Å². The van der Waals surface area contributed by atoms with E-state index in [1.165, 1.54) is 0 Å². The first-order valence-electron chi connectivity index (χ1n) is 8.88. The number of carboxylic acids is 1. The molecule has 0 radical (unpaired) electrons. The number of amides is 1. The molecule has 26 heavy (non-hydrogen) atoms. The number of hydrogen-bond acceptors (Lipinski definition) is 4. The summed E-state index contributed by atoms with van der Waals surface area (Å²) in [5.41, 5.74) is 1.22. The van der Waals surface area contributed by atoms with Gasteiger partial charge in [0.05, 0.1) is 5.52 Å². The highest BCUT2D eigenvalue weighted by Gasteiger charge is 2.28. The Balaban J connectivity index is 1.54. The van der Waals surface area contributed by atoms with Gasteiger partial charge in [0.15, 0.2) is 5.69 Å². The van der Waals surface area contributed by atoms with Crippen LogP contribution in [-0.2, 0) is 4.79 Å². The summed E-state index contributed by atoms with van der Waals surface area (Å²) in [7, 11) is 0. The minimum Gasteiger partial charge on any atom is -0.480 e. The van der Waals surface area contributed by atoms with Crippen molar-refractivity contribution in [2.75, 3.05) is 19.6 Å². The van der Waals surface area contributed by atoms with Gasteiger partial charge in [-0.1, -0.05) is 22.9 Å². The highest BCUT2D eigenvalue weighted by atomic mass is 79.9. The zero-order chi connectivity index (χ0) is 18.7. The van der Waals surface area contributed by atoms with Gasteiger partial charge < -0.3 is 10.4 Å². The summed E-state index contributed by atoms with van der Waals surface area (Å²) in [5, 5.41) is 20.0. The van der Waals surface area contributed by atoms with E-state index in [4.69, 9.17) is 0 Å². The van der Waals surface area contributed by atoms with Gasteiger partial charge in [-0.3, -0.25) is 19.6 Å².